The van der Waals surface area contributed by atoms with Crippen LogP contribution in [0.2, 0.25) is 0 Å². The summed E-state index contributed by atoms with van der Waals surface area (Å²) in [6.07, 6.45) is 0. The van der Waals surface area contributed by atoms with E-state index in [2.05, 4.69) is 26.3 Å². The van der Waals surface area contributed by atoms with E-state index in [0.29, 0.717) is 0 Å². The fourth-order valence-corrected chi connectivity index (χ4v) is 2.81. The van der Waals surface area contributed by atoms with Gasteiger partial charge in [-0.25, -0.2) is 15.0 Å². The third kappa shape index (κ3) is 2.29. The lowest BCUT2D eigenvalue weighted by Crippen LogP contribution is -1.98. The Bertz CT molecular complexity index is 748. The lowest BCUT2D eigenvalue weighted by molar-refractivity contribution is 1.11. The van der Waals surface area contributed by atoms with Crippen molar-refractivity contribution < 1.29 is 0 Å². The molecule has 0 atom stereocenters. The Labute approximate surface area is 115 Å². The summed E-state index contributed by atoms with van der Waals surface area (Å²) in [4.78, 5) is 13.5. The van der Waals surface area contributed by atoms with E-state index in [1.807, 2.05) is 39.1 Å². The Hall–Kier alpha value is -2.01. The van der Waals surface area contributed by atoms with E-state index in [9.17, 15) is 0 Å². The summed E-state index contributed by atoms with van der Waals surface area (Å²) in [6.45, 7) is 3.99. The fraction of sp³-hybridized carbons (Fsp3) is 0.214. The van der Waals surface area contributed by atoms with Crippen molar-refractivity contribution in [2.24, 2.45) is 0 Å². The van der Waals surface area contributed by atoms with Crippen molar-refractivity contribution in [2.45, 2.75) is 13.8 Å². The molecule has 0 aliphatic rings. The maximum Gasteiger partial charge on any atom is 0.161 e. The molecule has 0 amide bonds. The van der Waals surface area contributed by atoms with Gasteiger partial charge in [0.15, 0.2) is 5.82 Å². The second-order valence-corrected chi connectivity index (χ2v) is 5.62. The molecular formula is C14H14N4S. The molecule has 0 saturated carbocycles. The van der Waals surface area contributed by atoms with Crippen LogP contribution in [0.25, 0.3) is 21.6 Å². The average molecular weight is 270 g/mol. The highest BCUT2D eigenvalue weighted by atomic mass is 32.1. The number of benzene rings is 1. The minimum Gasteiger partial charge on any atom is -0.373 e. The molecule has 0 bridgehead atoms. The van der Waals surface area contributed by atoms with Crippen LogP contribution in [0.1, 0.15) is 10.7 Å². The quantitative estimate of drug-likeness (QED) is 0.775. The molecule has 1 N–H and O–H groups in total. The van der Waals surface area contributed by atoms with Crippen LogP contribution in [0.3, 0.4) is 0 Å². The van der Waals surface area contributed by atoms with Crippen LogP contribution in [0.15, 0.2) is 24.3 Å². The van der Waals surface area contributed by atoms with Gasteiger partial charge in [-0.2, -0.15) is 0 Å². The van der Waals surface area contributed by atoms with Crippen LogP contribution < -0.4 is 5.32 Å². The maximum absolute atomic E-state index is 4.51. The van der Waals surface area contributed by atoms with E-state index in [4.69, 9.17) is 0 Å². The highest BCUT2D eigenvalue weighted by Crippen LogP contribution is 2.26. The van der Waals surface area contributed by atoms with Gasteiger partial charge >= 0.3 is 0 Å². The van der Waals surface area contributed by atoms with Crippen molar-refractivity contribution >= 4 is 27.4 Å². The summed E-state index contributed by atoms with van der Waals surface area (Å²) >= 11 is 1.70. The van der Waals surface area contributed by atoms with E-state index < -0.39 is 0 Å². The van der Waals surface area contributed by atoms with E-state index in [1.54, 1.807) is 11.3 Å². The van der Waals surface area contributed by atoms with Gasteiger partial charge in [0.05, 0.1) is 15.2 Å². The lowest BCUT2D eigenvalue weighted by atomic mass is 10.2. The van der Waals surface area contributed by atoms with Gasteiger partial charge in [-0.1, -0.05) is 0 Å². The molecule has 96 valence electrons. The fourth-order valence-electron chi connectivity index (χ4n) is 2.01. The number of nitrogens with one attached hydrogen (secondary N) is 1. The summed E-state index contributed by atoms with van der Waals surface area (Å²) in [5.41, 5.74) is 2.96. The molecule has 3 rings (SSSR count). The summed E-state index contributed by atoms with van der Waals surface area (Å²) in [7, 11) is 1.86. The third-order valence-electron chi connectivity index (χ3n) is 2.86. The standard InChI is InChI=1S/C14H14N4S/c1-8-6-13(15-3)18-14(16-8)10-4-5-12-11(7-10)17-9(2)19-12/h4-7H,1-3H3,(H,15,16,18). The number of rotatable bonds is 2. The number of hydrogen-bond acceptors (Lipinski definition) is 5. The summed E-state index contributed by atoms with van der Waals surface area (Å²) in [5.74, 6) is 1.56. The first kappa shape index (κ1) is 12.0. The molecule has 2 heterocycles. The topological polar surface area (TPSA) is 50.7 Å². The Morgan fingerprint density at radius 3 is 2.68 bits per heavy atom. The zero-order valence-electron chi connectivity index (χ0n) is 11.1. The van der Waals surface area contributed by atoms with Gasteiger partial charge < -0.3 is 5.32 Å². The number of thiazole rings is 1. The Kier molecular flexibility index (Phi) is 2.91. The van der Waals surface area contributed by atoms with E-state index >= 15 is 0 Å². The molecule has 0 aliphatic heterocycles. The zero-order chi connectivity index (χ0) is 13.4. The van der Waals surface area contributed by atoms with Gasteiger partial charge in [-0.15, -0.1) is 11.3 Å². The number of hydrogen-bond donors (Lipinski definition) is 1. The van der Waals surface area contributed by atoms with Crippen molar-refractivity contribution in [2.75, 3.05) is 12.4 Å². The monoisotopic (exact) mass is 270 g/mol. The molecule has 0 spiro atoms. The summed E-state index contributed by atoms with van der Waals surface area (Å²) in [6, 6.07) is 8.11. The average Bonchev–Trinajstić information content (AvgIpc) is 2.76. The second-order valence-electron chi connectivity index (χ2n) is 4.38. The van der Waals surface area contributed by atoms with Crippen LogP contribution in [0.4, 0.5) is 5.82 Å². The van der Waals surface area contributed by atoms with E-state index in [1.165, 1.54) is 4.70 Å². The van der Waals surface area contributed by atoms with Crippen molar-refractivity contribution in [3.05, 3.63) is 35.0 Å². The molecule has 3 aromatic rings. The molecule has 0 fully saturated rings. The predicted octanol–water partition coefficient (Wildman–Crippen LogP) is 3.41. The number of aromatic nitrogens is 3. The smallest absolute Gasteiger partial charge is 0.161 e. The molecule has 0 saturated heterocycles. The predicted molar refractivity (Wildman–Crippen MR) is 79.7 cm³/mol. The van der Waals surface area contributed by atoms with Crippen molar-refractivity contribution in [1.29, 1.82) is 0 Å². The Morgan fingerprint density at radius 1 is 1.05 bits per heavy atom. The minimum absolute atomic E-state index is 0.733. The van der Waals surface area contributed by atoms with Gasteiger partial charge in [0.1, 0.15) is 5.82 Å². The van der Waals surface area contributed by atoms with Crippen molar-refractivity contribution in [1.82, 2.24) is 15.0 Å². The molecule has 4 nitrogen and oxygen atoms in total. The molecule has 2 aromatic heterocycles. The Morgan fingerprint density at radius 2 is 1.89 bits per heavy atom. The Balaban J connectivity index is 2.15. The van der Waals surface area contributed by atoms with E-state index in [0.717, 1.165) is 33.4 Å². The number of anilines is 1. The summed E-state index contributed by atoms with van der Waals surface area (Å²) < 4.78 is 1.20. The second kappa shape index (κ2) is 4.59. The lowest BCUT2D eigenvalue weighted by Gasteiger charge is -2.05. The third-order valence-corrected chi connectivity index (χ3v) is 3.81. The van der Waals surface area contributed by atoms with Crippen LogP contribution in [0, 0.1) is 13.8 Å². The number of nitrogens with zero attached hydrogens (tertiary/aromatic N) is 3. The molecule has 0 aliphatic carbocycles. The van der Waals surface area contributed by atoms with Crippen LogP contribution in [-0.4, -0.2) is 22.0 Å². The molecule has 1 aromatic carbocycles. The molecule has 19 heavy (non-hydrogen) atoms. The molecule has 0 radical (unpaired) electrons. The zero-order valence-corrected chi connectivity index (χ0v) is 11.9. The highest BCUT2D eigenvalue weighted by Gasteiger charge is 2.07. The van der Waals surface area contributed by atoms with Gasteiger partial charge in [0.2, 0.25) is 0 Å². The summed E-state index contributed by atoms with van der Waals surface area (Å²) in [5, 5.41) is 4.13. The van der Waals surface area contributed by atoms with Gasteiger partial charge in [-0.3, -0.25) is 0 Å². The molecule has 5 heteroatoms. The normalized spacial score (nSPS) is 10.9. The number of fused-ring (bicyclic) bond motifs is 1. The minimum atomic E-state index is 0.733. The number of aryl methyl sites for hydroxylation is 2. The highest BCUT2D eigenvalue weighted by molar-refractivity contribution is 7.18. The van der Waals surface area contributed by atoms with Crippen LogP contribution in [-0.2, 0) is 0 Å². The van der Waals surface area contributed by atoms with Crippen LogP contribution in [0.5, 0.6) is 0 Å². The van der Waals surface area contributed by atoms with Gasteiger partial charge in [-0.05, 0) is 32.0 Å². The van der Waals surface area contributed by atoms with Crippen molar-refractivity contribution in [3.63, 3.8) is 0 Å². The molecule has 0 unspecified atom stereocenters. The van der Waals surface area contributed by atoms with Gasteiger partial charge in [0.25, 0.3) is 0 Å². The largest absolute Gasteiger partial charge is 0.373 e. The first-order valence-corrected chi connectivity index (χ1v) is 6.88. The van der Waals surface area contributed by atoms with E-state index in [-0.39, 0.29) is 0 Å². The SMILES string of the molecule is CNc1cc(C)nc(-c2ccc3sc(C)nc3c2)n1. The van der Waals surface area contributed by atoms with Crippen LogP contribution >= 0.6 is 11.3 Å². The maximum atomic E-state index is 4.51. The first-order valence-electron chi connectivity index (χ1n) is 6.07. The van der Waals surface area contributed by atoms with Crippen molar-refractivity contribution in [3.8, 4) is 11.4 Å². The molecular weight excluding hydrogens is 256 g/mol. The van der Waals surface area contributed by atoms with Gasteiger partial charge in [0, 0.05) is 24.4 Å². The first-order chi connectivity index (χ1) is 9.15.